The van der Waals surface area contributed by atoms with Gasteiger partial charge in [0.05, 0.1) is 13.2 Å². The zero-order chi connectivity index (χ0) is 13.8. The van der Waals surface area contributed by atoms with Crippen molar-refractivity contribution in [1.82, 2.24) is 5.32 Å². The molecule has 1 atom stereocenters. The molecule has 1 aliphatic heterocycles. The molecule has 112 valence electrons. The average molecular weight is 301 g/mol. The summed E-state index contributed by atoms with van der Waals surface area (Å²) in [6.45, 7) is 4.96. The van der Waals surface area contributed by atoms with Crippen LogP contribution in [-0.2, 0) is 17.8 Å². The number of halogens is 1. The standard InChI is InChI=1S/C14H20N2O3.ClH/c1-3-18-12-5-10-4-9(2)19-13(10)6-11(12)8-16-14(17)7-15;/h5-6,9H,3-4,7-8,15H2,1-2H3,(H,16,17);1H. The van der Waals surface area contributed by atoms with Crippen LogP contribution in [0.5, 0.6) is 11.5 Å². The van der Waals surface area contributed by atoms with Crippen LogP contribution < -0.4 is 20.5 Å². The van der Waals surface area contributed by atoms with Gasteiger partial charge in [-0.15, -0.1) is 12.4 Å². The fraction of sp³-hybridized carbons (Fsp3) is 0.500. The normalized spacial score (nSPS) is 15.8. The molecule has 3 N–H and O–H groups in total. The average Bonchev–Trinajstić information content (AvgIpc) is 2.75. The number of amides is 1. The van der Waals surface area contributed by atoms with Crippen molar-refractivity contribution in [2.75, 3.05) is 13.2 Å². The van der Waals surface area contributed by atoms with Crippen LogP contribution in [-0.4, -0.2) is 25.2 Å². The first-order valence-electron chi connectivity index (χ1n) is 6.56. The monoisotopic (exact) mass is 300 g/mol. The molecule has 20 heavy (non-hydrogen) atoms. The second kappa shape index (κ2) is 7.36. The van der Waals surface area contributed by atoms with Crippen LogP contribution >= 0.6 is 12.4 Å². The number of hydrogen-bond acceptors (Lipinski definition) is 4. The Morgan fingerprint density at radius 1 is 1.55 bits per heavy atom. The summed E-state index contributed by atoms with van der Waals surface area (Å²) in [5, 5.41) is 2.75. The van der Waals surface area contributed by atoms with Gasteiger partial charge < -0.3 is 20.5 Å². The van der Waals surface area contributed by atoms with Gasteiger partial charge in [0.15, 0.2) is 0 Å². The lowest BCUT2D eigenvalue weighted by atomic mass is 10.1. The Kier molecular flexibility index (Phi) is 6.10. The molecule has 0 aliphatic carbocycles. The summed E-state index contributed by atoms with van der Waals surface area (Å²) in [6.07, 6.45) is 1.09. The van der Waals surface area contributed by atoms with Gasteiger partial charge in [-0.25, -0.2) is 0 Å². The summed E-state index contributed by atoms with van der Waals surface area (Å²) >= 11 is 0. The molecule has 0 bridgehead atoms. The molecule has 1 aromatic carbocycles. The number of carbonyl (C=O) groups excluding carboxylic acids is 1. The zero-order valence-electron chi connectivity index (χ0n) is 11.8. The predicted octanol–water partition coefficient (Wildman–Crippen LogP) is 1.41. The largest absolute Gasteiger partial charge is 0.494 e. The topological polar surface area (TPSA) is 73.6 Å². The zero-order valence-corrected chi connectivity index (χ0v) is 12.6. The molecule has 0 fully saturated rings. The summed E-state index contributed by atoms with van der Waals surface area (Å²) < 4.78 is 11.3. The highest BCUT2D eigenvalue weighted by atomic mass is 35.5. The first-order chi connectivity index (χ1) is 9.13. The summed E-state index contributed by atoms with van der Waals surface area (Å²) in [5.74, 6) is 1.50. The number of ether oxygens (including phenoxy) is 2. The van der Waals surface area contributed by atoms with Gasteiger partial charge in [-0.2, -0.15) is 0 Å². The Labute approximate surface area is 125 Å². The van der Waals surface area contributed by atoms with Gasteiger partial charge in [-0.1, -0.05) is 0 Å². The van der Waals surface area contributed by atoms with E-state index in [4.69, 9.17) is 15.2 Å². The molecule has 1 aromatic rings. The maximum absolute atomic E-state index is 11.2. The van der Waals surface area contributed by atoms with Crippen LogP contribution in [0.4, 0.5) is 0 Å². The van der Waals surface area contributed by atoms with Gasteiger partial charge in [0.2, 0.25) is 5.91 Å². The lowest BCUT2D eigenvalue weighted by molar-refractivity contribution is -0.119. The van der Waals surface area contributed by atoms with Gasteiger partial charge in [0, 0.05) is 24.1 Å². The maximum atomic E-state index is 11.2. The molecule has 0 saturated carbocycles. The fourth-order valence-electron chi connectivity index (χ4n) is 2.18. The molecule has 0 radical (unpaired) electrons. The molecule has 0 spiro atoms. The van der Waals surface area contributed by atoms with Crippen molar-refractivity contribution >= 4 is 18.3 Å². The van der Waals surface area contributed by atoms with Gasteiger partial charge >= 0.3 is 0 Å². The van der Waals surface area contributed by atoms with E-state index in [0.29, 0.717) is 13.2 Å². The van der Waals surface area contributed by atoms with Crippen LogP contribution in [0.3, 0.4) is 0 Å². The van der Waals surface area contributed by atoms with Crippen LogP contribution in [0.2, 0.25) is 0 Å². The fourth-order valence-corrected chi connectivity index (χ4v) is 2.18. The summed E-state index contributed by atoms with van der Waals surface area (Å²) in [7, 11) is 0. The quantitative estimate of drug-likeness (QED) is 0.862. The molecule has 1 aliphatic rings. The third-order valence-corrected chi connectivity index (χ3v) is 3.04. The van der Waals surface area contributed by atoms with Gasteiger partial charge in [0.25, 0.3) is 0 Å². The van der Waals surface area contributed by atoms with Gasteiger partial charge in [-0.05, 0) is 26.0 Å². The van der Waals surface area contributed by atoms with E-state index < -0.39 is 0 Å². The molecular formula is C14H21ClN2O3. The number of nitrogens with one attached hydrogen (secondary N) is 1. The smallest absolute Gasteiger partial charge is 0.234 e. The number of carbonyl (C=O) groups is 1. The first kappa shape index (κ1) is 16.6. The Bertz CT molecular complexity index is 480. The minimum Gasteiger partial charge on any atom is -0.494 e. The van der Waals surface area contributed by atoms with Crippen LogP contribution in [0.25, 0.3) is 0 Å². The highest BCUT2D eigenvalue weighted by Crippen LogP contribution is 2.35. The molecule has 6 heteroatoms. The predicted molar refractivity (Wildman–Crippen MR) is 79.6 cm³/mol. The number of nitrogens with two attached hydrogens (primary N) is 1. The lowest BCUT2D eigenvalue weighted by Crippen LogP contribution is -2.29. The van der Waals surface area contributed by atoms with Crippen LogP contribution in [0.1, 0.15) is 25.0 Å². The number of benzene rings is 1. The summed E-state index contributed by atoms with van der Waals surface area (Å²) in [5.41, 5.74) is 7.34. The number of hydrogen-bond donors (Lipinski definition) is 2. The number of fused-ring (bicyclic) bond motifs is 1. The second-order valence-electron chi connectivity index (χ2n) is 4.61. The van der Waals surface area contributed by atoms with E-state index in [-0.39, 0.29) is 31.0 Å². The maximum Gasteiger partial charge on any atom is 0.234 e. The van der Waals surface area contributed by atoms with E-state index in [0.717, 1.165) is 29.0 Å². The van der Waals surface area contributed by atoms with E-state index >= 15 is 0 Å². The molecule has 2 rings (SSSR count). The molecule has 1 amide bonds. The summed E-state index contributed by atoms with van der Waals surface area (Å²) in [4.78, 5) is 11.2. The van der Waals surface area contributed by atoms with Gasteiger partial charge in [-0.3, -0.25) is 4.79 Å². The molecular weight excluding hydrogens is 280 g/mol. The van der Waals surface area contributed by atoms with Crippen molar-refractivity contribution in [3.8, 4) is 11.5 Å². The minimum atomic E-state index is -0.183. The van der Waals surface area contributed by atoms with Crippen molar-refractivity contribution < 1.29 is 14.3 Å². The van der Waals surface area contributed by atoms with E-state index in [1.54, 1.807) is 0 Å². The van der Waals surface area contributed by atoms with Crippen molar-refractivity contribution in [2.45, 2.75) is 32.9 Å². The Hall–Kier alpha value is -1.46. The molecule has 1 unspecified atom stereocenters. The molecule has 0 saturated heterocycles. The third kappa shape index (κ3) is 3.77. The first-order valence-corrected chi connectivity index (χ1v) is 6.56. The van der Waals surface area contributed by atoms with E-state index in [1.165, 1.54) is 0 Å². The van der Waals surface area contributed by atoms with Crippen LogP contribution in [0.15, 0.2) is 12.1 Å². The van der Waals surface area contributed by atoms with E-state index in [2.05, 4.69) is 5.32 Å². The summed E-state index contributed by atoms with van der Waals surface area (Å²) in [6, 6.07) is 3.95. The molecule has 1 heterocycles. The van der Waals surface area contributed by atoms with Crippen molar-refractivity contribution in [1.29, 1.82) is 0 Å². The minimum absolute atomic E-state index is 0. The SMILES string of the molecule is CCOc1cc2c(cc1CNC(=O)CN)OC(C)C2.Cl. The Morgan fingerprint density at radius 2 is 2.30 bits per heavy atom. The highest BCUT2D eigenvalue weighted by Gasteiger charge is 2.21. The van der Waals surface area contributed by atoms with E-state index in [9.17, 15) is 4.79 Å². The van der Waals surface area contributed by atoms with E-state index in [1.807, 2.05) is 26.0 Å². The second-order valence-corrected chi connectivity index (χ2v) is 4.61. The Morgan fingerprint density at radius 3 is 2.95 bits per heavy atom. The molecule has 0 aromatic heterocycles. The van der Waals surface area contributed by atoms with Gasteiger partial charge in [0.1, 0.15) is 17.6 Å². The third-order valence-electron chi connectivity index (χ3n) is 3.04. The highest BCUT2D eigenvalue weighted by molar-refractivity contribution is 5.85. The van der Waals surface area contributed by atoms with Crippen LogP contribution in [0, 0.1) is 0 Å². The number of rotatable bonds is 5. The Balaban J connectivity index is 0.00000200. The molecule has 5 nitrogen and oxygen atoms in total. The van der Waals surface area contributed by atoms with Crippen molar-refractivity contribution in [2.24, 2.45) is 5.73 Å². The lowest BCUT2D eigenvalue weighted by Gasteiger charge is -2.13. The van der Waals surface area contributed by atoms with Crippen molar-refractivity contribution in [3.63, 3.8) is 0 Å². The van der Waals surface area contributed by atoms with Crippen molar-refractivity contribution in [3.05, 3.63) is 23.3 Å².